The molecule has 24 heavy (non-hydrogen) atoms. The van der Waals surface area contributed by atoms with Crippen LogP contribution >= 0.6 is 0 Å². The van der Waals surface area contributed by atoms with Crippen molar-refractivity contribution in [3.05, 3.63) is 60.1 Å². The number of carbonyl (C=O) groups is 2. The predicted octanol–water partition coefficient (Wildman–Crippen LogP) is 2.66. The fourth-order valence-electron chi connectivity index (χ4n) is 3.31. The van der Waals surface area contributed by atoms with Crippen LogP contribution in [0.3, 0.4) is 0 Å². The number of nitrogens with zero attached hydrogens (tertiary/aromatic N) is 1. The van der Waals surface area contributed by atoms with Gasteiger partial charge in [0.05, 0.1) is 17.7 Å². The molecule has 0 bridgehead atoms. The molecule has 0 radical (unpaired) electrons. The van der Waals surface area contributed by atoms with Gasteiger partial charge in [0.25, 0.3) is 5.91 Å². The summed E-state index contributed by atoms with van der Waals surface area (Å²) in [6.45, 7) is 3.56. The first-order chi connectivity index (χ1) is 11.7. The molecule has 2 atom stereocenters. The van der Waals surface area contributed by atoms with E-state index in [0.717, 1.165) is 12.0 Å². The Labute approximate surface area is 141 Å². The summed E-state index contributed by atoms with van der Waals surface area (Å²) in [5.74, 6) is -0.107. The molecule has 1 aromatic heterocycles. The quantitative estimate of drug-likeness (QED) is 0.939. The number of nitrogens with one attached hydrogen (secondary N) is 1. The molecule has 2 aromatic rings. The Morgan fingerprint density at radius 2 is 2.00 bits per heavy atom. The van der Waals surface area contributed by atoms with Gasteiger partial charge in [-0.05, 0) is 25.0 Å². The molecular formula is C19H22N2O3. The average molecular weight is 326 g/mol. The van der Waals surface area contributed by atoms with Crippen LogP contribution in [0.15, 0.2) is 53.3 Å². The zero-order chi connectivity index (χ0) is 16.9. The summed E-state index contributed by atoms with van der Waals surface area (Å²) in [4.78, 5) is 26.8. The van der Waals surface area contributed by atoms with Crippen LogP contribution < -0.4 is 5.32 Å². The summed E-state index contributed by atoms with van der Waals surface area (Å²) in [5.41, 5.74) is 1.69. The first kappa shape index (κ1) is 16.3. The molecule has 3 rings (SSSR count). The normalized spacial score (nSPS) is 20.6. The summed E-state index contributed by atoms with van der Waals surface area (Å²) in [6, 6.07) is 11.7. The lowest BCUT2D eigenvalue weighted by Crippen LogP contribution is -2.48. The zero-order valence-electron chi connectivity index (χ0n) is 13.8. The van der Waals surface area contributed by atoms with E-state index >= 15 is 0 Å². The van der Waals surface area contributed by atoms with Crippen molar-refractivity contribution >= 4 is 11.8 Å². The molecule has 126 valence electrons. The largest absolute Gasteiger partial charge is 0.472 e. The highest BCUT2D eigenvalue weighted by Gasteiger charge is 2.34. The molecule has 1 aliphatic heterocycles. The Hall–Kier alpha value is -2.56. The van der Waals surface area contributed by atoms with Crippen LogP contribution in [0.25, 0.3) is 0 Å². The maximum atomic E-state index is 12.7. The molecule has 1 fully saturated rings. The van der Waals surface area contributed by atoms with Gasteiger partial charge in [0.1, 0.15) is 6.26 Å². The van der Waals surface area contributed by atoms with Crippen molar-refractivity contribution in [1.82, 2.24) is 10.2 Å². The van der Waals surface area contributed by atoms with Gasteiger partial charge < -0.3 is 14.6 Å². The third-order valence-corrected chi connectivity index (χ3v) is 4.50. The number of likely N-dealkylation sites (tertiary alicyclic amines) is 1. The van der Waals surface area contributed by atoms with Gasteiger partial charge in [-0.3, -0.25) is 9.59 Å². The van der Waals surface area contributed by atoms with Gasteiger partial charge >= 0.3 is 0 Å². The Morgan fingerprint density at radius 3 is 2.67 bits per heavy atom. The standard InChI is InChI=1S/C19H22N2O3/c1-2-20-18(22)17-10-16(14-6-4-3-5-7-14)11-21(12-17)19(23)15-8-9-24-13-15/h3-9,13,16-17H,2,10-12H2,1H3,(H,20,22). The van der Waals surface area contributed by atoms with Crippen molar-refractivity contribution < 1.29 is 14.0 Å². The van der Waals surface area contributed by atoms with E-state index in [-0.39, 0.29) is 23.7 Å². The maximum absolute atomic E-state index is 12.7. The number of amides is 2. The van der Waals surface area contributed by atoms with Gasteiger partial charge in [0.2, 0.25) is 5.91 Å². The summed E-state index contributed by atoms with van der Waals surface area (Å²) < 4.78 is 5.02. The molecule has 0 spiro atoms. The monoisotopic (exact) mass is 326 g/mol. The lowest BCUT2D eigenvalue weighted by molar-refractivity contribution is -0.126. The molecule has 2 amide bonds. The van der Waals surface area contributed by atoms with Gasteiger partial charge in [0, 0.05) is 25.6 Å². The van der Waals surface area contributed by atoms with Crippen LogP contribution in [0.5, 0.6) is 0 Å². The van der Waals surface area contributed by atoms with Crippen molar-refractivity contribution in [1.29, 1.82) is 0 Å². The summed E-state index contributed by atoms with van der Waals surface area (Å²) in [5, 5.41) is 2.89. The van der Waals surface area contributed by atoms with Crippen molar-refractivity contribution in [3.63, 3.8) is 0 Å². The zero-order valence-corrected chi connectivity index (χ0v) is 13.8. The van der Waals surface area contributed by atoms with Crippen LogP contribution in [0.2, 0.25) is 0 Å². The van der Waals surface area contributed by atoms with Crippen molar-refractivity contribution in [2.45, 2.75) is 19.3 Å². The molecule has 5 heteroatoms. The van der Waals surface area contributed by atoms with E-state index < -0.39 is 0 Å². The highest BCUT2D eigenvalue weighted by Crippen LogP contribution is 2.31. The second-order valence-corrected chi connectivity index (χ2v) is 6.16. The minimum Gasteiger partial charge on any atom is -0.472 e. The molecule has 5 nitrogen and oxygen atoms in total. The van der Waals surface area contributed by atoms with E-state index in [4.69, 9.17) is 4.42 Å². The van der Waals surface area contributed by atoms with Crippen LogP contribution in [0, 0.1) is 5.92 Å². The SMILES string of the molecule is CCNC(=O)C1CC(c2ccccc2)CN(C(=O)c2ccoc2)C1. The molecule has 0 saturated carbocycles. The Morgan fingerprint density at radius 1 is 1.21 bits per heavy atom. The van der Waals surface area contributed by atoms with Gasteiger partial charge in [-0.2, -0.15) is 0 Å². The van der Waals surface area contributed by atoms with E-state index in [1.807, 2.05) is 25.1 Å². The molecule has 0 aliphatic carbocycles. The second kappa shape index (κ2) is 7.34. The number of hydrogen-bond donors (Lipinski definition) is 1. The third-order valence-electron chi connectivity index (χ3n) is 4.50. The fraction of sp³-hybridized carbons (Fsp3) is 0.368. The van der Waals surface area contributed by atoms with E-state index in [0.29, 0.717) is 25.2 Å². The topological polar surface area (TPSA) is 62.6 Å². The molecule has 2 heterocycles. The molecular weight excluding hydrogens is 304 g/mol. The van der Waals surface area contributed by atoms with Crippen LogP contribution in [0.4, 0.5) is 0 Å². The molecule has 2 unspecified atom stereocenters. The Kier molecular flexibility index (Phi) is 4.99. The van der Waals surface area contributed by atoms with Gasteiger partial charge in [-0.25, -0.2) is 0 Å². The smallest absolute Gasteiger partial charge is 0.257 e. The predicted molar refractivity (Wildman–Crippen MR) is 90.6 cm³/mol. The summed E-state index contributed by atoms with van der Waals surface area (Å²) in [6.07, 6.45) is 3.70. The van der Waals surface area contributed by atoms with Crippen molar-refractivity contribution in [2.24, 2.45) is 5.92 Å². The number of piperidine rings is 1. The number of carbonyl (C=O) groups excluding carboxylic acids is 2. The minimum absolute atomic E-state index is 0.0168. The van der Waals surface area contributed by atoms with Gasteiger partial charge in [-0.15, -0.1) is 0 Å². The summed E-state index contributed by atoms with van der Waals surface area (Å²) in [7, 11) is 0. The van der Waals surface area contributed by atoms with Crippen LogP contribution in [0.1, 0.15) is 35.2 Å². The van der Waals surface area contributed by atoms with Crippen LogP contribution in [-0.4, -0.2) is 36.3 Å². The third kappa shape index (κ3) is 3.50. The summed E-state index contributed by atoms with van der Waals surface area (Å²) >= 11 is 0. The fourth-order valence-corrected chi connectivity index (χ4v) is 3.31. The Balaban J connectivity index is 1.83. The lowest BCUT2D eigenvalue weighted by Gasteiger charge is -2.37. The van der Waals surface area contributed by atoms with Crippen LogP contribution in [-0.2, 0) is 4.79 Å². The number of hydrogen-bond acceptors (Lipinski definition) is 3. The van der Waals surface area contributed by atoms with Gasteiger partial charge in [0.15, 0.2) is 0 Å². The molecule has 1 aliphatic rings. The van der Waals surface area contributed by atoms with Gasteiger partial charge in [-0.1, -0.05) is 30.3 Å². The Bertz CT molecular complexity index is 682. The minimum atomic E-state index is -0.195. The lowest BCUT2D eigenvalue weighted by atomic mass is 9.84. The van der Waals surface area contributed by atoms with Crippen molar-refractivity contribution in [2.75, 3.05) is 19.6 Å². The average Bonchev–Trinajstić information content (AvgIpc) is 3.16. The first-order valence-corrected chi connectivity index (χ1v) is 8.33. The number of furan rings is 1. The first-order valence-electron chi connectivity index (χ1n) is 8.33. The number of rotatable bonds is 4. The maximum Gasteiger partial charge on any atom is 0.257 e. The van der Waals surface area contributed by atoms with E-state index in [1.54, 1.807) is 11.0 Å². The second-order valence-electron chi connectivity index (χ2n) is 6.16. The van der Waals surface area contributed by atoms with E-state index in [2.05, 4.69) is 17.4 Å². The van der Waals surface area contributed by atoms with E-state index in [1.165, 1.54) is 12.5 Å². The highest BCUT2D eigenvalue weighted by molar-refractivity contribution is 5.94. The number of benzene rings is 1. The van der Waals surface area contributed by atoms with Crippen molar-refractivity contribution in [3.8, 4) is 0 Å². The van der Waals surface area contributed by atoms with E-state index in [9.17, 15) is 9.59 Å². The molecule has 1 saturated heterocycles. The molecule has 1 aromatic carbocycles. The highest BCUT2D eigenvalue weighted by atomic mass is 16.3. The molecule has 1 N–H and O–H groups in total.